The van der Waals surface area contributed by atoms with E-state index in [1.54, 1.807) is 4.52 Å². The van der Waals surface area contributed by atoms with Crippen molar-refractivity contribution >= 4 is 39.3 Å². The summed E-state index contributed by atoms with van der Waals surface area (Å²) < 4.78 is 2.78. The van der Waals surface area contributed by atoms with Crippen molar-refractivity contribution in [2.24, 2.45) is 0 Å². The molecule has 1 saturated carbocycles. The number of aromatic nitrogens is 3. The zero-order valence-corrected chi connectivity index (χ0v) is 13.2. The molecule has 1 N–H and O–H groups in total. The zero-order valence-electron chi connectivity index (χ0n) is 10.8. The predicted octanol–water partition coefficient (Wildman–Crippen LogP) is 3.58. The highest BCUT2D eigenvalue weighted by Gasteiger charge is 2.25. The first-order chi connectivity index (χ1) is 9.26. The van der Waals surface area contributed by atoms with E-state index in [1.165, 1.54) is 25.0 Å². The molecular weight excluding hydrogens is 324 g/mol. The van der Waals surface area contributed by atoms with E-state index in [9.17, 15) is 0 Å². The average Bonchev–Trinajstić information content (AvgIpc) is 2.98. The van der Waals surface area contributed by atoms with Gasteiger partial charge in [0.25, 0.3) is 0 Å². The van der Waals surface area contributed by atoms with Crippen molar-refractivity contribution in [1.82, 2.24) is 14.6 Å². The van der Waals surface area contributed by atoms with Crippen molar-refractivity contribution in [1.29, 1.82) is 0 Å². The van der Waals surface area contributed by atoms with Gasteiger partial charge in [0.05, 0.1) is 4.47 Å². The maximum Gasteiger partial charge on any atom is 0.243 e. The second-order valence-corrected chi connectivity index (χ2v) is 7.22. The molecule has 3 rings (SSSR count). The van der Waals surface area contributed by atoms with E-state index in [4.69, 9.17) is 0 Å². The number of halogens is 1. The smallest absolute Gasteiger partial charge is 0.243 e. The minimum atomic E-state index is 0.514. The van der Waals surface area contributed by atoms with Crippen LogP contribution < -0.4 is 5.32 Å². The lowest BCUT2D eigenvalue weighted by molar-refractivity contribution is 0.744. The van der Waals surface area contributed by atoms with Crippen LogP contribution in [0.5, 0.6) is 0 Å². The number of thioether (sulfide) groups is 1. The molecule has 0 spiro atoms. The Balaban J connectivity index is 1.70. The highest BCUT2D eigenvalue weighted by atomic mass is 79.9. The van der Waals surface area contributed by atoms with Gasteiger partial charge in [-0.3, -0.25) is 0 Å². The monoisotopic (exact) mass is 340 g/mol. The summed E-state index contributed by atoms with van der Waals surface area (Å²) in [6.45, 7) is 2.23. The SMILES string of the molecule is CCSC1CCC(Nc2nc3c(Br)cccn3n2)C1. The lowest BCUT2D eigenvalue weighted by atomic mass is 10.2. The van der Waals surface area contributed by atoms with Gasteiger partial charge in [-0.15, -0.1) is 5.10 Å². The van der Waals surface area contributed by atoms with Gasteiger partial charge >= 0.3 is 0 Å². The molecule has 2 unspecified atom stereocenters. The number of fused-ring (bicyclic) bond motifs is 1. The Kier molecular flexibility index (Phi) is 3.98. The number of pyridine rings is 1. The van der Waals surface area contributed by atoms with Crippen molar-refractivity contribution in [3.05, 3.63) is 22.8 Å². The molecule has 2 aromatic heterocycles. The minimum absolute atomic E-state index is 0.514. The molecule has 0 amide bonds. The maximum atomic E-state index is 4.53. The summed E-state index contributed by atoms with van der Waals surface area (Å²) in [5.41, 5.74) is 0.863. The Hall–Kier alpha value is -0.750. The quantitative estimate of drug-likeness (QED) is 0.923. The molecule has 4 nitrogen and oxygen atoms in total. The van der Waals surface area contributed by atoms with Crippen molar-refractivity contribution < 1.29 is 0 Å². The Morgan fingerprint density at radius 2 is 2.42 bits per heavy atom. The molecule has 1 fully saturated rings. The summed E-state index contributed by atoms with van der Waals surface area (Å²) in [4.78, 5) is 4.53. The molecule has 0 saturated heterocycles. The van der Waals surface area contributed by atoms with Gasteiger partial charge in [0.2, 0.25) is 5.95 Å². The van der Waals surface area contributed by atoms with Crippen molar-refractivity contribution in [3.63, 3.8) is 0 Å². The third-order valence-electron chi connectivity index (χ3n) is 3.43. The molecule has 6 heteroatoms. The summed E-state index contributed by atoms with van der Waals surface area (Å²) in [6.07, 6.45) is 5.65. The normalized spacial score (nSPS) is 23.1. The van der Waals surface area contributed by atoms with Crippen molar-refractivity contribution in [2.75, 3.05) is 11.1 Å². The summed E-state index contributed by atoms with van der Waals surface area (Å²) in [5, 5.41) is 8.73. The molecule has 2 atom stereocenters. The first-order valence-electron chi connectivity index (χ1n) is 6.65. The standard InChI is InChI=1S/C13H17BrN4S/c1-2-19-10-6-5-9(8-10)15-13-16-12-11(14)4-3-7-18(12)17-13/h3-4,7,9-10H,2,5-6,8H2,1H3,(H,15,17). The first kappa shape index (κ1) is 13.2. The van der Waals surface area contributed by atoms with Crippen LogP contribution in [0.3, 0.4) is 0 Å². The molecule has 0 aliphatic heterocycles. The Bertz CT molecular complexity index is 571. The Morgan fingerprint density at radius 3 is 3.21 bits per heavy atom. The molecule has 0 aromatic carbocycles. The fourth-order valence-electron chi connectivity index (χ4n) is 2.58. The maximum absolute atomic E-state index is 4.53. The van der Waals surface area contributed by atoms with Gasteiger partial charge in [0.15, 0.2) is 5.65 Å². The van der Waals surface area contributed by atoms with Crippen LogP contribution in [0.2, 0.25) is 0 Å². The molecule has 1 aliphatic carbocycles. The van der Waals surface area contributed by atoms with Crippen LogP contribution in [0.4, 0.5) is 5.95 Å². The van der Waals surface area contributed by atoms with E-state index in [0.29, 0.717) is 6.04 Å². The lowest BCUT2D eigenvalue weighted by Gasteiger charge is -2.10. The average molecular weight is 341 g/mol. The van der Waals surface area contributed by atoms with Gasteiger partial charge < -0.3 is 5.32 Å². The molecule has 2 heterocycles. The van der Waals surface area contributed by atoms with E-state index in [0.717, 1.165) is 21.3 Å². The minimum Gasteiger partial charge on any atom is -0.350 e. The summed E-state index contributed by atoms with van der Waals surface area (Å²) in [7, 11) is 0. The van der Waals surface area contributed by atoms with Gasteiger partial charge in [0, 0.05) is 17.5 Å². The number of nitrogens with zero attached hydrogens (tertiary/aromatic N) is 3. The van der Waals surface area contributed by atoms with Crippen LogP contribution in [0, 0.1) is 0 Å². The van der Waals surface area contributed by atoms with E-state index in [1.807, 2.05) is 18.3 Å². The van der Waals surface area contributed by atoms with E-state index in [2.05, 4.69) is 50.0 Å². The second kappa shape index (κ2) is 5.71. The van der Waals surface area contributed by atoms with Gasteiger partial charge in [-0.1, -0.05) is 6.92 Å². The Labute approximate surface area is 125 Å². The third kappa shape index (κ3) is 2.89. The van der Waals surface area contributed by atoms with Crippen LogP contribution >= 0.6 is 27.7 Å². The van der Waals surface area contributed by atoms with E-state index >= 15 is 0 Å². The van der Waals surface area contributed by atoms with E-state index < -0.39 is 0 Å². The van der Waals surface area contributed by atoms with Crippen LogP contribution in [0.25, 0.3) is 5.65 Å². The molecule has 102 valence electrons. The number of hydrogen-bond acceptors (Lipinski definition) is 4. The lowest BCUT2D eigenvalue weighted by Crippen LogP contribution is -2.17. The topological polar surface area (TPSA) is 42.2 Å². The van der Waals surface area contributed by atoms with E-state index in [-0.39, 0.29) is 0 Å². The third-order valence-corrected chi connectivity index (χ3v) is 5.29. The fraction of sp³-hybridized carbons (Fsp3) is 0.538. The number of hydrogen-bond donors (Lipinski definition) is 1. The number of anilines is 1. The fourth-order valence-corrected chi connectivity index (χ4v) is 4.14. The van der Waals surface area contributed by atoms with Gasteiger partial charge in [-0.2, -0.15) is 16.7 Å². The molecule has 0 bridgehead atoms. The summed E-state index contributed by atoms with van der Waals surface area (Å²) >= 11 is 5.57. The molecular formula is C13H17BrN4S. The molecule has 0 radical (unpaired) electrons. The van der Waals surface area contributed by atoms with Crippen molar-refractivity contribution in [3.8, 4) is 0 Å². The second-order valence-electron chi connectivity index (χ2n) is 4.79. The largest absolute Gasteiger partial charge is 0.350 e. The van der Waals surface area contributed by atoms with Crippen LogP contribution in [-0.4, -0.2) is 31.6 Å². The van der Waals surface area contributed by atoms with Gasteiger partial charge in [0.1, 0.15) is 0 Å². The predicted molar refractivity (Wildman–Crippen MR) is 83.9 cm³/mol. The van der Waals surface area contributed by atoms with Crippen molar-refractivity contribution in [2.45, 2.75) is 37.5 Å². The number of nitrogens with one attached hydrogen (secondary N) is 1. The summed E-state index contributed by atoms with van der Waals surface area (Å²) in [6, 6.07) is 4.45. The molecule has 2 aromatic rings. The Morgan fingerprint density at radius 1 is 1.53 bits per heavy atom. The van der Waals surface area contributed by atoms with Gasteiger partial charge in [-0.25, -0.2) is 4.52 Å². The highest BCUT2D eigenvalue weighted by Crippen LogP contribution is 2.31. The number of rotatable bonds is 4. The van der Waals surface area contributed by atoms with Crippen LogP contribution in [0.1, 0.15) is 26.2 Å². The summed E-state index contributed by atoms with van der Waals surface area (Å²) in [5.74, 6) is 1.94. The van der Waals surface area contributed by atoms with Crippen LogP contribution in [-0.2, 0) is 0 Å². The molecule has 19 heavy (non-hydrogen) atoms. The first-order valence-corrected chi connectivity index (χ1v) is 8.49. The van der Waals surface area contributed by atoms with Gasteiger partial charge in [-0.05, 0) is 53.1 Å². The van der Waals surface area contributed by atoms with Crippen LogP contribution in [0.15, 0.2) is 22.8 Å². The highest BCUT2D eigenvalue weighted by molar-refractivity contribution is 9.10. The molecule has 1 aliphatic rings. The zero-order chi connectivity index (χ0) is 13.2.